The van der Waals surface area contributed by atoms with Crippen LogP contribution >= 0.6 is 0 Å². The van der Waals surface area contributed by atoms with Crippen molar-refractivity contribution in [2.24, 2.45) is 0 Å². The molecule has 2 amide bonds. The van der Waals surface area contributed by atoms with Gasteiger partial charge in [0.15, 0.2) is 18.1 Å². The summed E-state index contributed by atoms with van der Waals surface area (Å²) in [7, 11) is 3.81. The van der Waals surface area contributed by atoms with Crippen molar-refractivity contribution in [3.05, 3.63) is 59.4 Å². The number of hydrogen-bond donors (Lipinski definition) is 1. The number of likely N-dealkylation sites (tertiary alicyclic amines) is 1. The number of amides is 2. The second-order valence-electron chi connectivity index (χ2n) is 8.57. The van der Waals surface area contributed by atoms with Gasteiger partial charge in [-0.25, -0.2) is 4.39 Å². The molecule has 1 atom stereocenters. The fourth-order valence-corrected chi connectivity index (χ4v) is 3.99. The minimum Gasteiger partial charge on any atom is -0.490 e. The molecule has 1 heterocycles. The molecule has 0 aliphatic carbocycles. The first-order valence-electron chi connectivity index (χ1n) is 11.8. The highest BCUT2D eigenvalue weighted by atomic mass is 19.1. The molecule has 7 nitrogen and oxygen atoms in total. The number of ether oxygens (including phenoxy) is 2. The lowest BCUT2D eigenvalue weighted by Gasteiger charge is -2.26. The van der Waals surface area contributed by atoms with Crippen molar-refractivity contribution in [2.45, 2.75) is 32.2 Å². The van der Waals surface area contributed by atoms with E-state index in [4.69, 9.17) is 9.47 Å². The van der Waals surface area contributed by atoms with Crippen LogP contribution in [0.25, 0.3) is 0 Å². The normalized spacial score (nSPS) is 14.6. The maximum absolute atomic E-state index is 13.3. The molecule has 34 heavy (non-hydrogen) atoms. The van der Waals surface area contributed by atoms with Crippen LogP contribution in [0, 0.1) is 5.82 Å². The third-order valence-electron chi connectivity index (χ3n) is 5.90. The van der Waals surface area contributed by atoms with Crippen molar-refractivity contribution in [1.82, 2.24) is 15.1 Å². The molecule has 2 aromatic carbocycles. The van der Waals surface area contributed by atoms with Crippen molar-refractivity contribution in [2.75, 3.05) is 46.9 Å². The number of nitrogens with one attached hydrogen (secondary N) is 1. The van der Waals surface area contributed by atoms with Crippen LogP contribution < -0.4 is 14.8 Å². The van der Waals surface area contributed by atoms with Gasteiger partial charge >= 0.3 is 0 Å². The lowest BCUT2D eigenvalue weighted by Crippen LogP contribution is -2.38. The largest absolute Gasteiger partial charge is 0.490 e. The van der Waals surface area contributed by atoms with Crippen LogP contribution in [0.15, 0.2) is 42.5 Å². The number of piperidine rings is 1. The van der Waals surface area contributed by atoms with Gasteiger partial charge in [-0.2, -0.15) is 0 Å². The van der Waals surface area contributed by atoms with E-state index in [1.807, 2.05) is 30.8 Å². The number of rotatable bonds is 10. The van der Waals surface area contributed by atoms with E-state index in [2.05, 4.69) is 5.32 Å². The highest BCUT2D eigenvalue weighted by Gasteiger charge is 2.20. The summed E-state index contributed by atoms with van der Waals surface area (Å²) in [6.45, 7) is 4.07. The highest BCUT2D eigenvalue weighted by molar-refractivity contribution is 5.95. The predicted molar refractivity (Wildman–Crippen MR) is 129 cm³/mol. The summed E-state index contributed by atoms with van der Waals surface area (Å²) in [4.78, 5) is 29.1. The number of halogens is 1. The number of likely N-dealkylation sites (N-methyl/N-ethyl adjacent to an activating group) is 1. The van der Waals surface area contributed by atoms with Crippen molar-refractivity contribution in [3.63, 3.8) is 0 Å². The van der Waals surface area contributed by atoms with Crippen molar-refractivity contribution in [3.8, 4) is 11.5 Å². The van der Waals surface area contributed by atoms with E-state index in [-0.39, 0.29) is 30.3 Å². The SMILES string of the molecule is CCOc1cc(C(=O)NCC(c2ccc(F)cc2)N(C)C)ccc1OCC(=O)N1CCCCC1. The first kappa shape index (κ1) is 25.5. The van der Waals surface area contributed by atoms with Crippen LogP contribution in [0.4, 0.5) is 4.39 Å². The fraction of sp³-hybridized carbons (Fsp3) is 0.462. The molecule has 1 unspecified atom stereocenters. The number of benzene rings is 2. The van der Waals surface area contributed by atoms with Crippen molar-refractivity contribution in [1.29, 1.82) is 0 Å². The van der Waals surface area contributed by atoms with Gasteiger partial charge in [0.05, 0.1) is 12.6 Å². The Morgan fingerprint density at radius 2 is 1.74 bits per heavy atom. The molecular formula is C26H34FN3O4. The summed E-state index contributed by atoms with van der Waals surface area (Å²) in [5.41, 5.74) is 1.33. The Labute approximate surface area is 200 Å². The molecule has 1 aliphatic rings. The standard InChI is InChI=1S/C26H34FN3O4/c1-4-33-24-16-20(10-13-23(24)34-18-25(31)30-14-6-5-7-15-30)26(32)28-17-22(29(2)3)19-8-11-21(27)12-9-19/h8-13,16,22H,4-7,14-15,17-18H2,1-3H3,(H,28,32). The van der Waals surface area contributed by atoms with E-state index < -0.39 is 0 Å². The number of carbonyl (C=O) groups is 2. The highest BCUT2D eigenvalue weighted by Crippen LogP contribution is 2.29. The summed E-state index contributed by atoms with van der Waals surface area (Å²) in [6.07, 6.45) is 3.20. The average molecular weight is 472 g/mol. The number of hydrogen-bond acceptors (Lipinski definition) is 5. The summed E-state index contributed by atoms with van der Waals surface area (Å²) in [5, 5.41) is 2.94. The quantitative estimate of drug-likeness (QED) is 0.573. The van der Waals surface area contributed by atoms with Crippen LogP contribution in [0.2, 0.25) is 0 Å². The maximum Gasteiger partial charge on any atom is 0.260 e. The summed E-state index contributed by atoms with van der Waals surface area (Å²) < 4.78 is 24.7. The summed E-state index contributed by atoms with van der Waals surface area (Å²) in [6, 6.07) is 11.1. The smallest absolute Gasteiger partial charge is 0.260 e. The molecular weight excluding hydrogens is 437 g/mol. The molecule has 2 aromatic rings. The zero-order valence-electron chi connectivity index (χ0n) is 20.2. The third-order valence-corrected chi connectivity index (χ3v) is 5.90. The summed E-state index contributed by atoms with van der Waals surface area (Å²) >= 11 is 0. The maximum atomic E-state index is 13.3. The Morgan fingerprint density at radius 1 is 1.03 bits per heavy atom. The Balaban J connectivity index is 1.63. The number of carbonyl (C=O) groups excluding carboxylic acids is 2. The van der Waals surface area contributed by atoms with Gasteiger partial charge < -0.3 is 24.6 Å². The molecule has 0 bridgehead atoms. The van der Waals surface area contributed by atoms with Crippen molar-refractivity contribution < 1.29 is 23.5 Å². The Bertz CT molecular complexity index is 959. The zero-order chi connectivity index (χ0) is 24.5. The van der Waals surface area contributed by atoms with Gasteiger partial charge in [0.2, 0.25) is 0 Å². The Morgan fingerprint density at radius 3 is 2.38 bits per heavy atom. The lowest BCUT2D eigenvalue weighted by atomic mass is 10.1. The van der Waals surface area contributed by atoms with E-state index in [1.165, 1.54) is 12.1 Å². The molecule has 3 rings (SSSR count). The Hall–Kier alpha value is -3.13. The van der Waals surface area contributed by atoms with E-state index >= 15 is 0 Å². The van der Waals surface area contributed by atoms with Gasteiger partial charge in [0.1, 0.15) is 5.82 Å². The molecule has 1 fully saturated rings. The van der Waals surface area contributed by atoms with E-state index in [0.717, 1.165) is 37.9 Å². The molecule has 0 aromatic heterocycles. The van der Waals surface area contributed by atoms with Gasteiger partial charge in [-0.3, -0.25) is 9.59 Å². The van der Waals surface area contributed by atoms with Gasteiger partial charge in [0, 0.05) is 25.2 Å². The third kappa shape index (κ3) is 6.93. The molecule has 8 heteroatoms. The van der Waals surface area contributed by atoms with Crippen LogP contribution in [-0.2, 0) is 4.79 Å². The van der Waals surface area contributed by atoms with Crippen molar-refractivity contribution >= 4 is 11.8 Å². The second-order valence-corrected chi connectivity index (χ2v) is 8.57. The average Bonchev–Trinajstić information content (AvgIpc) is 2.84. The lowest BCUT2D eigenvalue weighted by molar-refractivity contribution is -0.134. The topological polar surface area (TPSA) is 71.1 Å². The minimum absolute atomic E-state index is 0.0421. The molecule has 1 saturated heterocycles. The molecule has 0 spiro atoms. The first-order chi connectivity index (χ1) is 16.4. The van der Waals surface area contributed by atoms with Gasteiger partial charge in [-0.05, 0) is 76.2 Å². The van der Waals surface area contributed by atoms with Crippen LogP contribution in [0.1, 0.15) is 48.1 Å². The van der Waals surface area contributed by atoms with Gasteiger partial charge in [-0.15, -0.1) is 0 Å². The summed E-state index contributed by atoms with van der Waals surface area (Å²) in [5.74, 6) is 0.254. The van der Waals surface area contributed by atoms with Crippen LogP contribution in [-0.4, -0.2) is 68.6 Å². The molecule has 1 aliphatic heterocycles. The minimum atomic E-state index is -0.298. The van der Waals surface area contributed by atoms with E-state index in [1.54, 1.807) is 30.3 Å². The monoisotopic (exact) mass is 471 g/mol. The fourth-order valence-electron chi connectivity index (χ4n) is 3.99. The number of nitrogens with zero attached hydrogens (tertiary/aromatic N) is 2. The predicted octanol–water partition coefficient (Wildman–Crippen LogP) is 3.65. The molecule has 1 N–H and O–H groups in total. The van der Waals surface area contributed by atoms with Crippen LogP contribution in [0.3, 0.4) is 0 Å². The van der Waals surface area contributed by atoms with Gasteiger partial charge in [-0.1, -0.05) is 12.1 Å². The molecule has 184 valence electrons. The Kier molecular flexibility index (Phi) is 9.27. The first-order valence-corrected chi connectivity index (χ1v) is 11.8. The van der Waals surface area contributed by atoms with E-state index in [9.17, 15) is 14.0 Å². The van der Waals surface area contributed by atoms with Gasteiger partial charge in [0.25, 0.3) is 11.8 Å². The van der Waals surface area contributed by atoms with Crippen LogP contribution in [0.5, 0.6) is 11.5 Å². The van der Waals surface area contributed by atoms with E-state index in [0.29, 0.717) is 30.2 Å². The molecule has 0 saturated carbocycles. The zero-order valence-corrected chi connectivity index (χ0v) is 20.2. The molecule has 0 radical (unpaired) electrons. The second kappa shape index (κ2) is 12.4.